The first-order valence-electron chi connectivity index (χ1n) is 4.52. The maximum atomic E-state index is 5.88. The van der Waals surface area contributed by atoms with Crippen molar-refractivity contribution in [3.8, 4) is 17.0 Å². The Morgan fingerprint density at radius 1 is 1.12 bits per heavy atom. The monoisotopic (exact) mass is 254 g/mol. The molecular weight excluding hydrogens is 247 g/mol. The molecule has 0 saturated heterocycles. The van der Waals surface area contributed by atoms with E-state index in [9.17, 15) is 0 Å². The molecule has 0 aliphatic heterocycles. The first kappa shape index (κ1) is 11.2. The standard InChI is InChI=1S/C11H8Cl2N2O/c1-16-10-4-7(12)2-3-8(10)9-5-11(13)15-6-14-9/h2-6H,1H3. The molecule has 0 aliphatic carbocycles. The fourth-order valence-corrected chi connectivity index (χ4v) is 1.67. The SMILES string of the molecule is COc1cc(Cl)ccc1-c1cc(Cl)ncn1. The van der Waals surface area contributed by atoms with Gasteiger partial charge in [0.2, 0.25) is 0 Å². The Morgan fingerprint density at radius 2 is 1.94 bits per heavy atom. The maximum absolute atomic E-state index is 5.88. The van der Waals surface area contributed by atoms with E-state index in [1.54, 1.807) is 25.3 Å². The lowest BCUT2D eigenvalue weighted by Gasteiger charge is -2.07. The second-order valence-electron chi connectivity index (χ2n) is 3.07. The molecule has 16 heavy (non-hydrogen) atoms. The number of ether oxygens (including phenoxy) is 1. The average molecular weight is 255 g/mol. The predicted molar refractivity (Wildman–Crippen MR) is 64.0 cm³/mol. The third-order valence-electron chi connectivity index (χ3n) is 2.07. The summed E-state index contributed by atoms with van der Waals surface area (Å²) in [6, 6.07) is 7.01. The Bertz CT molecular complexity index is 517. The Hall–Kier alpha value is -1.32. The van der Waals surface area contributed by atoms with Crippen molar-refractivity contribution in [2.75, 3.05) is 7.11 Å². The van der Waals surface area contributed by atoms with Gasteiger partial charge in [-0.3, -0.25) is 0 Å². The summed E-state index contributed by atoms with van der Waals surface area (Å²) in [5.41, 5.74) is 1.53. The van der Waals surface area contributed by atoms with Crippen LogP contribution in [0.1, 0.15) is 0 Å². The lowest BCUT2D eigenvalue weighted by Crippen LogP contribution is -1.91. The summed E-state index contributed by atoms with van der Waals surface area (Å²) in [6.07, 6.45) is 1.41. The van der Waals surface area contributed by atoms with E-state index < -0.39 is 0 Å². The summed E-state index contributed by atoms with van der Waals surface area (Å²) in [5, 5.41) is 1.00. The molecule has 0 aliphatic rings. The zero-order valence-electron chi connectivity index (χ0n) is 8.45. The second-order valence-corrected chi connectivity index (χ2v) is 3.89. The van der Waals surface area contributed by atoms with Crippen molar-refractivity contribution >= 4 is 23.2 Å². The highest BCUT2D eigenvalue weighted by molar-refractivity contribution is 6.31. The number of rotatable bonds is 2. The molecule has 1 aromatic carbocycles. The van der Waals surface area contributed by atoms with Gasteiger partial charge in [0.1, 0.15) is 17.2 Å². The van der Waals surface area contributed by atoms with E-state index in [4.69, 9.17) is 27.9 Å². The molecule has 0 bridgehead atoms. The van der Waals surface area contributed by atoms with Gasteiger partial charge in [-0.1, -0.05) is 23.2 Å². The van der Waals surface area contributed by atoms with Crippen LogP contribution in [0.4, 0.5) is 0 Å². The highest BCUT2D eigenvalue weighted by atomic mass is 35.5. The van der Waals surface area contributed by atoms with E-state index in [0.717, 1.165) is 5.56 Å². The molecule has 0 spiro atoms. The number of methoxy groups -OCH3 is 1. The van der Waals surface area contributed by atoms with Crippen LogP contribution in [0, 0.1) is 0 Å². The fraction of sp³-hybridized carbons (Fsp3) is 0.0909. The number of benzene rings is 1. The average Bonchev–Trinajstić information content (AvgIpc) is 2.28. The molecule has 2 rings (SSSR count). The minimum Gasteiger partial charge on any atom is -0.496 e. The first-order chi connectivity index (χ1) is 7.70. The van der Waals surface area contributed by atoms with E-state index in [-0.39, 0.29) is 0 Å². The van der Waals surface area contributed by atoms with Crippen LogP contribution in [0.3, 0.4) is 0 Å². The van der Waals surface area contributed by atoms with E-state index in [2.05, 4.69) is 9.97 Å². The fourth-order valence-electron chi connectivity index (χ4n) is 1.36. The van der Waals surface area contributed by atoms with Crippen molar-refractivity contribution in [3.05, 3.63) is 40.8 Å². The molecule has 0 N–H and O–H groups in total. The van der Waals surface area contributed by atoms with Crippen molar-refractivity contribution in [2.45, 2.75) is 0 Å². The van der Waals surface area contributed by atoms with E-state index in [1.165, 1.54) is 6.33 Å². The lowest BCUT2D eigenvalue weighted by atomic mass is 10.1. The van der Waals surface area contributed by atoms with Crippen LogP contribution in [-0.4, -0.2) is 17.1 Å². The summed E-state index contributed by atoms with van der Waals surface area (Å²) in [4.78, 5) is 7.96. The number of aromatic nitrogens is 2. The van der Waals surface area contributed by atoms with Crippen molar-refractivity contribution in [3.63, 3.8) is 0 Å². The van der Waals surface area contributed by atoms with Crippen molar-refractivity contribution in [1.29, 1.82) is 0 Å². The Kier molecular flexibility index (Phi) is 3.27. The molecule has 0 atom stereocenters. The molecule has 0 unspecified atom stereocenters. The molecule has 0 fully saturated rings. The van der Waals surface area contributed by atoms with Crippen LogP contribution < -0.4 is 4.74 Å². The van der Waals surface area contributed by atoms with Crippen molar-refractivity contribution in [1.82, 2.24) is 9.97 Å². The molecule has 82 valence electrons. The van der Waals surface area contributed by atoms with E-state index in [1.807, 2.05) is 6.07 Å². The number of hydrogen-bond acceptors (Lipinski definition) is 3. The second kappa shape index (κ2) is 4.68. The van der Waals surface area contributed by atoms with Gasteiger partial charge in [0.05, 0.1) is 12.8 Å². The Labute approximate surface area is 103 Å². The van der Waals surface area contributed by atoms with Gasteiger partial charge in [-0.2, -0.15) is 0 Å². The molecule has 0 radical (unpaired) electrons. The van der Waals surface area contributed by atoms with E-state index >= 15 is 0 Å². The largest absolute Gasteiger partial charge is 0.496 e. The van der Waals surface area contributed by atoms with Crippen LogP contribution in [0.5, 0.6) is 5.75 Å². The summed E-state index contributed by atoms with van der Waals surface area (Å²) < 4.78 is 5.23. The highest BCUT2D eigenvalue weighted by Crippen LogP contribution is 2.31. The molecule has 1 aromatic heterocycles. The third kappa shape index (κ3) is 2.26. The summed E-state index contributed by atoms with van der Waals surface area (Å²) in [5.74, 6) is 0.655. The van der Waals surface area contributed by atoms with Gasteiger partial charge in [-0.25, -0.2) is 9.97 Å². The van der Waals surface area contributed by atoms with Gasteiger partial charge in [0.15, 0.2) is 0 Å². The molecule has 5 heteroatoms. The smallest absolute Gasteiger partial charge is 0.133 e. The summed E-state index contributed by atoms with van der Waals surface area (Å²) >= 11 is 11.7. The molecule has 1 heterocycles. The Morgan fingerprint density at radius 3 is 2.62 bits per heavy atom. The van der Waals surface area contributed by atoms with Crippen LogP contribution in [0.2, 0.25) is 10.2 Å². The van der Waals surface area contributed by atoms with E-state index in [0.29, 0.717) is 21.6 Å². The third-order valence-corrected chi connectivity index (χ3v) is 2.52. The molecule has 0 saturated carbocycles. The predicted octanol–water partition coefficient (Wildman–Crippen LogP) is 3.46. The molecule has 2 aromatic rings. The minimum absolute atomic E-state index is 0.391. The molecule has 3 nitrogen and oxygen atoms in total. The zero-order chi connectivity index (χ0) is 11.5. The first-order valence-corrected chi connectivity index (χ1v) is 5.28. The number of nitrogens with zero attached hydrogens (tertiary/aromatic N) is 2. The topological polar surface area (TPSA) is 35.0 Å². The van der Waals surface area contributed by atoms with Crippen LogP contribution >= 0.6 is 23.2 Å². The van der Waals surface area contributed by atoms with Crippen molar-refractivity contribution < 1.29 is 4.74 Å². The number of halogens is 2. The lowest BCUT2D eigenvalue weighted by molar-refractivity contribution is 0.416. The van der Waals surface area contributed by atoms with Gasteiger partial charge in [-0.15, -0.1) is 0 Å². The van der Waals surface area contributed by atoms with Gasteiger partial charge >= 0.3 is 0 Å². The quantitative estimate of drug-likeness (QED) is 0.771. The van der Waals surface area contributed by atoms with Gasteiger partial charge in [0.25, 0.3) is 0 Å². The Balaban J connectivity index is 2.55. The maximum Gasteiger partial charge on any atom is 0.133 e. The molecular formula is C11H8Cl2N2O. The van der Waals surface area contributed by atoms with Crippen LogP contribution in [0.15, 0.2) is 30.6 Å². The summed E-state index contributed by atoms with van der Waals surface area (Å²) in [6.45, 7) is 0. The van der Waals surface area contributed by atoms with Crippen LogP contribution in [-0.2, 0) is 0 Å². The van der Waals surface area contributed by atoms with Gasteiger partial charge < -0.3 is 4.74 Å². The minimum atomic E-state index is 0.391. The highest BCUT2D eigenvalue weighted by Gasteiger charge is 2.08. The van der Waals surface area contributed by atoms with Crippen LogP contribution in [0.25, 0.3) is 11.3 Å². The van der Waals surface area contributed by atoms with Gasteiger partial charge in [0, 0.05) is 16.7 Å². The van der Waals surface area contributed by atoms with Crippen molar-refractivity contribution in [2.24, 2.45) is 0 Å². The van der Waals surface area contributed by atoms with Gasteiger partial charge in [-0.05, 0) is 18.2 Å². The summed E-state index contributed by atoms with van der Waals surface area (Å²) in [7, 11) is 1.58. The normalized spacial score (nSPS) is 10.2. The zero-order valence-corrected chi connectivity index (χ0v) is 9.96. The number of hydrogen-bond donors (Lipinski definition) is 0. The molecule has 0 amide bonds.